The number of aryl methyl sites for hydroxylation is 2. The van der Waals surface area contributed by atoms with Crippen molar-refractivity contribution in [2.45, 2.75) is 26.3 Å². The summed E-state index contributed by atoms with van der Waals surface area (Å²) in [6.07, 6.45) is 6.41. The molecule has 1 aliphatic rings. The number of fused-ring (bicyclic) bond motifs is 1. The number of anilines is 1. The van der Waals surface area contributed by atoms with Gasteiger partial charge in [-0.3, -0.25) is 0 Å². The van der Waals surface area contributed by atoms with Crippen molar-refractivity contribution in [1.29, 1.82) is 0 Å². The SMILES string of the molecule is COc1cc(C)c(-c2cc3c(N[C@H]4CCOC4)c(/C(N)=N/c4ccc(O)cc4C)cnn3c2)cn1. The molecule has 9 heteroatoms. The zero-order chi connectivity index (χ0) is 24.5. The zero-order valence-electron chi connectivity index (χ0n) is 19.9. The number of ether oxygens (including phenoxy) is 2. The Bertz CT molecular complexity index is 1420. The van der Waals surface area contributed by atoms with Gasteiger partial charge in [-0.2, -0.15) is 5.10 Å². The highest BCUT2D eigenvalue weighted by Gasteiger charge is 2.21. The van der Waals surface area contributed by atoms with Crippen LogP contribution >= 0.6 is 0 Å². The Labute approximate surface area is 203 Å². The number of pyridine rings is 1. The third-order valence-electron chi connectivity index (χ3n) is 6.22. The molecule has 4 aromatic rings. The minimum Gasteiger partial charge on any atom is -0.508 e. The molecular weight excluding hydrogens is 444 g/mol. The lowest BCUT2D eigenvalue weighted by molar-refractivity contribution is 0.195. The van der Waals surface area contributed by atoms with Crippen LogP contribution in [-0.4, -0.2) is 51.9 Å². The number of aromatic hydroxyl groups is 1. The Hall–Kier alpha value is -4.11. The molecule has 0 spiro atoms. The number of phenols is 1. The molecule has 3 aromatic heterocycles. The minimum absolute atomic E-state index is 0.158. The van der Waals surface area contributed by atoms with E-state index in [0.29, 0.717) is 36.2 Å². The van der Waals surface area contributed by atoms with E-state index < -0.39 is 0 Å². The van der Waals surface area contributed by atoms with Crippen LogP contribution < -0.4 is 15.8 Å². The summed E-state index contributed by atoms with van der Waals surface area (Å²) in [4.78, 5) is 9.03. The average molecular weight is 473 g/mol. The van der Waals surface area contributed by atoms with Gasteiger partial charge in [0.05, 0.1) is 48.4 Å². The van der Waals surface area contributed by atoms with Gasteiger partial charge in [-0.05, 0) is 55.7 Å². The molecule has 0 bridgehead atoms. The second kappa shape index (κ2) is 9.27. The molecule has 0 aliphatic carbocycles. The van der Waals surface area contributed by atoms with Crippen molar-refractivity contribution < 1.29 is 14.6 Å². The fourth-order valence-corrected chi connectivity index (χ4v) is 4.30. The lowest BCUT2D eigenvalue weighted by Crippen LogP contribution is -2.24. The number of benzene rings is 1. The monoisotopic (exact) mass is 472 g/mol. The first-order valence-corrected chi connectivity index (χ1v) is 11.4. The highest BCUT2D eigenvalue weighted by atomic mass is 16.5. The van der Waals surface area contributed by atoms with Crippen LogP contribution in [0, 0.1) is 13.8 Å². The molecule has 0 unspecified atom stereocenters. The molecule has 0 saturated carbocycles. The summed E-state index contributed by atoms with van der Waals surface area (Å²) in [6.45, 7) is 5.25. The smallest absolute Gasteiger partial charge is 0.213 e. The summed E-state index contributed by atoms with van der Waals surface area (Å²) in [5, 5.41) is 18.0. The van der Waals surface area contributed by atoms with Crippen molar-refractivity contribution in [3.63, 3.8) is 0 Å². The molecule has 4 heterocycles. The molecule has 4 N–H and O–H groups in total. The van der Waals surface area contributed by atoms with Gasteiger partial charge in [0.25, 0.3) is 0 Å². The molecule has 0 amide bonds. The van der Waals surface area contributed by atoms with Crippen molar-refractivity contribution in [2.75, 3.05) is 25.6 Å². The van der Waals surface area contributed by atoms with Gasteiger partial charge in [-0.1, -0.05) is 0 Å². The molecule has 1 fully saturated rings. The summed E-state index contributed by atoms with van der Waals surface area (Å²) < 4.78 is 12.7. The molecule has 1 saturated heterocycles. The Morgan fingerprint density at radius 2 is 2.09 bits per heavy atom. The first-order valence-electron chi connectivity index (χ1n) is 11.4. The summed E-state index contributed by atoms with van der Waals surface area (Å²) in [5.41, 5.74) is 13.5. The van der Waals surface area contributed by atoms with Crippen molar-refractivity contribution >= 4 is 22.7 Å². The number of rotatable bonds is 6. The van der Waals surface area contributed by atoms with Gasteiger partial charge in [-0.15, -0.1) is 0 Å². The Morgan fingerprint density at radius 3 is 2.80 bits per heavy atom. The van der Waals surface area contributed by atoms with E-state index in [-0.39, 0.29) is 11.8 Å². The van der Waals surface area contributed by atoms with Crippen molar-refractivity contribution in [1.82, 2.24) is 14.6 Å². The van der Waals surface area contributed by atoms with E-state index in [1.54, 1.807) is 31.5 Å². The number of aliphatic imine (C=N–C) groups is 1. The third-order valence-corrected chi connectivity index (χ3v) is 6.22. The number of hydrogen-bond acceptors (Lipinski definition) is 7. The average Bonchev–Trinajstić information content (AvgIpc) is 3.51. The van der Waals surface area contributed by atoms with Gasteiger partial charge in [0.1, 0.15) is 11.6 Å². The molecule has 35 heavy (non-hydrogen) atoms. The summed E-state index contributed by atoms with van der Waals surface area (Å²) in [6, 6.07) is 9.15. The van der Waals surface area contributed by atoms with Gasteiger partial charge in [0.15, 0.2) is 0 Å². The van der Waals surface area contributed by atoms with Crippen LogP contribution in [0.5, 0.6) is 11.6 Å². The van der Waals surface area contributed by atoms with Gasteiger partial charge < -0.3 is 25.6 Å². The van der Waals surface area contributed by atoms with Gasteiger partial charge in [-0.25, -0.2) is 14.5 Å². The highest BCUT2D eigenvalue weighted by molar-refractivity contribution is 6.06. The zero-order valence-corrected chi connectivity index (χ0v) is 19.9. The Balaban J connectivity index is 1.62. The second-order valence-corrected chi connectivity index (χ2v) is 8.71. The maximum Gasteiger partial charge on any atom is 0.213 e. The fourth-order valence-electron chi connectivity index (χ4n) is 4.30. The second-order valence-electron chi connectivity index (χ2n) is 8.71. The number of aromatic nitrogens is 3. The predicted molar refractivity (Wildman–Crippen MR) is 136 cm³/mol. The van der Waals surface area contributed by atoms with Crippen LogP contribution in [0.25, 0.3) is 16.6 Å². The van der Waals surface area contributed by atoms with Gasteiger partial charge >= 0.3 is 0 Å². The van der Waals surface area contributed by atoms with E-state index in [9.17, 15) is 5.11 Å². The molecule has 1 aliphatic heterocycles. The molecule has 9 nitrogen and oxygen atoms in total. The fraction of sp³-hybridized carbons (Fsp3) is 0.269. The number of amidine groups is 1. The van der Waals surface area contributed by atoms with E-state index in [0.717, 1.165) is 39.9 Å². The summed E-state index contributed by atoms with van der Waals surface area (Å²) in [5.74, 6) is 1.10. The van der Waals surface area contributed by atoms with Gasteiger partial charge in [0, 0.05) is 36.2 Å². The molecule has 180 valence electrons. The normalized spacial score (nSPS) is 16.1. The first kappa shape index (κ1) is 22.7. The first-order chi connectivity index (χ1) is 16.9. The maximum atomic E-state index is 9.73. The molecular formula is C26H28N6O3. The molecule has 1 aromatic carbocycles. The van der Waals surface area contributed by atoms with Crippen LogP contribution in [-0.2, 0) is 4.74 Å². The number of nitrogens with two attached hydrogens (primary N) is 1. The summed E-state index contributed by atoms with van der Waals surface area (Å²) >= 11 is 0. The molecule has 1 atom stereocenters. The molecule has 0 radical (unpaired) electrons. The van der Waals surface area contributed by atoms with Crippen molar-refractivity contribution in [3.05, 3.63) is 65.6 Å². The van der Waals surface area contributed by atoms with E-state index in [2.05, 4.69) is 26.5 Å². The summed E-state index contributed by atoms with van der Waals surface area (Å²) in [7, 11) is 1.61. The predicted octanol–water partition coefficient (Wildman–Crippen LogP) is 3.97. The lowest BCUT2D eigenvalue weighted by Gasteiger charge is -2.17. The van der Waals surface area contributed by atoms with Crippen LogP contribution in [0.1, 0.15) is 23.1 Å². The van der Waals surface area contributed by atoms with Gasteiger partial charge in [0.2, 0.25) is 5.88 Å². The van der Waals surface area contributed by atoms with E-state index in [4.69, 9.17) is 15.2 Å². The van der Waals surface area contributed by atoms with Crippen LogP contribution in [0.15, 0.2) is 53.9 Å². The van der Waals surface area contributed by atoms with Crippen LogP contribution in [0.3, 0.4) is 0 Å². The van der Waals surface area contributed by atoms with Crippen LogP contribution in [0.4, 0.5) is 11.4 Å². The standard InChI is InChI=1S/C26H28N6O3/c1-15-9-24(34-3)28-11-20(15)17-10-23-25(30-18-6-7-35-14-18)21(12-29-32(23)13-17)26(27)31-22-5-4-19(33)8-16(22)2/h4-5,8-13,18,30,33H,6-7,14H2,1-3H3,(H2,27,31)/t18-/m0/s1. The molecule has 5 rings (SSSR count). The van der Waals surface area contributed by atoms with E-state index in [1.165, 1.54) is 0 Å². The lowest BCUT2D eigenvalue weighted by atomic mass is 10.1. The number of nitrogens with zero attached hydrogens (tertiary/aromatic N) is 4. The third kappa shape index (κ3) is 4.50. The quantitative estimate of drug-likeness (QED) is 0.287. The van der Waals surface area contributed by atoms with E-state index >= 15 is 0 Å². The number of phenolic OH excluding ortho intramolecular Hbond substituents is 1. The highest BCUT2D eigenvalue weighted by Crippen LogP contribution is 2.32. The Morgan fingerprint density at radius 1 is 1.23 bits per heavy atom. The minimum atomic E-state index is 0.158. The number of nitrogens with one attached hydrogen (secondary N) is 1. The Kier molecular flexibility index (Phi) is 6.00. The van der Waals surface area contributed by atoms with Crippen molar-refractivity contribution in [2.24, 2.45) is 10.7 Å². The maximum absolute atomic E-state index is 9.73. The number of methoxy groups -OCH3 is 1. The number of hydrogen-bond donors (Lipinski definition) is 3. The van der Waals surface area contributed by atoms with Crippen LogP contribution in [0.2, 0.25) is 0 Å². The van der Waals surface area contributed by atoms with E-state index in [1.807, 2.05) is 36.8 Å². The topological polar surface area (TPSA) is 119 Å². The largest absolute Gasteiger partial charge is 0.508 e. The van der Waals surface area contributed by atoms with Crippen molar-refractivity contribution in [3.8, 4) is 22.8 Å².